The van der Waals surface area contributed by atoms with Gasteiger partial charge in [0.1, 0.15) is 0 Å². The topological polar surface area (TPSA) is 48.1 Å². The number of pyridine rings is 1. The maximum atomic E-state index is 5.98. The van der Waals surface area contributed by atoms with Crippen LogP contribution in [-0.4, -0.2) is 24.7 Å². The third-order valence-electron chi connectivity index (χ3n) is 2.42. The quantitative estimate of drug-likeness (QED) is 0.695. The normalized spacial score (nSPS) is 12.7. The summed E-state index contributed by atoms with van der Waals surface area (Å²) in [6, 6.07) is 6.25. The van der Waals surface area contributed by atoms with Crippen molar-refractivity contribution in [3.05, 3.63) is 30.1 Å². The molecule has 0 aromatic carbocycles. The summed E-state index contributed by atoms with van der Waals surface area (Å²) in [5.41, 5.74) is 7.10. The molecular formula is C12H20N2O. The summed E-state index contributed by atoms with van der Waals surface area (Å²) in [6.45, 7) is 0.803. The molecule has 2 N–H and O–H groups in total. The molecule has 0 aliphatic carbocycles. The molecule has 84 valence electrons. The minimum absolute atomic E-state index is 0.266. The summed E-state index contributed by atoms with van der Waals surface area (Å²) in [6.07, 6.45) is 5.86. The van der Waals surface area contributed by atoms with Crippen molar-refractivity contribution in [3.8, 4) is 0 Å². The highest BCUT2D eigenvalue weighted by atomic mass is 16.5. The summed E-state index contributed by atoms with van der Waals surface area (Å²) >= 11 is 0. The summed E-state index contributed by atoms with van der Waals surface area (Å²) in [5.74, 6) is 0. The molecule has 1 heterocycles. The smallest absolute Gasteiger partial charge is 0.0462 e. The fraction of sp³-hybridized carbons (Fsp3) is 0.583. The molecule has 0 aliphatic heterocycles. The highest BCUT2D eigenvalue weighted by molar-refractivity contribution is 5.03. The van der Waals surface area contributed by atoms with Crippen molar-refractivity contribution < 1.29 is 4.74 Å². The van der Waals surface area contributed by atoms with Gasteiger partial charge < -0.3 is 10.5 Å². The third kappa shape index (κ3) is 5.50. The van der Waals surface area contributed by atoms with E-state index in [1.165, 1.54) is 0 Å². The van der Waals surface area contributed by atoms with Crippen LogP contribution < -0.4 is 5.73 Å². The molecular weight excluding hydrogens is 188 g/mol. The van der Waals surface area contributed by atoms with E-state index in [4.69, 9.17) is 10.5 Å². The number of nitrogens with zero attached hydrogens (tertiary/aromatic N) is 1. The van der Waals surface area contributed by atoms with Gasteiger partial charge in [-0.3, -0.25) is 4.98 Å². The first-order valence-corrected chi connectivity index (χ1v) is 5.47. The summed E-state index contributed by atoms with van der Waals surface area (Å²) in [5, 5.41) is 0. The van der Waals surface area contributed by atoms with Crippen LogP contribution in [-0.2, 0) is 11.2 Å². The van der Waals surface area contributed by atoms with Gasteiger partial charge in [-0.25, -0.2) is 0 Å². The van der Waals surface area contributed by atoms with Crippen LogP contribution in [0.5, 0.6) is 0 Å². The van der Waals surface area contributed by atoms with E-state index >= 15 is 0 Å². The highest BCUT2D eigenvalue weighted by Crippen LogP contribution is 2.04. The van der Waals surface area contributed by atoms with Crippen LogP contribution in [0.3, 0.4) is 0 Å². The summed E-state index contributed by atoms with van der Waals surface area (Å²) < 4.78 is 4.99. The zero-order chi connectivity index (χ0) is 10.9. The molecule has 0 radical (unpaired) electrons. The third-order valence-corrected chi connectivity index (χ3v) is 2.42. The second kappa shape index (κ2) is 7.37. The minimum atomic E-state index is 0.266. The van der Waals surface area contributed by atoms with Crippen LogP contribution in [0.2, 0.25) is 0 Å². The fourth-order valence-corrected chi connectivity index (χ4v) is 1.51. The van der Waals surface area contributed by atoms with Crippen LogP contribution in [0.25, 0.3) is 0 Å². The Morgan fingerprint density at radius 1 is 1.40 bits per heavy atom. The lowest BCUT2D eigenvalue weighted by atomic mass is 10.1. The molecule has 0 amide bonds. The zero-order valence-electron chi connectivity index (χ0n) is 9.36. The van der Waals surface area contributed by atoms with Gasteiger partial charge in [0, 0.05) is 31.6 Å². The summed E-state index contributed by atoms with van der Waals surface area (Å²) in [4.78, 5) is 4.27. The van der Waals surface area contributed by atoms with Gasteiger partial charge in [0.2, 0.25) is 0 Å². The van der Waals surface area contributed by atoms with Crippen molar-refractivity contribution in [1.29, 1.82) is 0 Å². The van der Waals surface area contributed by atoms with Crippen molar-refractivity contribution in [1.82, 2.24) is 4.98 Å². The Labute approximate surface area is 91.7 Å². The molecule has 0 aliphatic rings. The highest BCUT2D eigenvalue weighted by Gasteiger charge is 2.03. The van der Waals surface area contributed by atoms with Crippen LogP contribution in [0.15, 0.2) is 24.4 Å². The Kier molecular flexibility index (Phi) is 5.97. The van der Waals surface area contributed by atoms with Crippen molar-refractivity contribution in [2.45, 2.75) is 31.7 Å². The van der Waals surface area contributed by atoms with E-state index in [0.29, 0.717) is 0 Å². The first kappa shape index (κ1) is 12.1. The van der Waals surface area contributed by atoms with Crippen molar-refractivity contribution in [2.75, 3.05) is 13.7 Å². The molecule has 3 heteroatoms. The number of aromatic nitrogens is 1. The molecule has 0 spiro atoms. The lowest BCUT2D eigenvalue weighted by molar-refractivity contribution is 0.190. The Balaban J connectivity index is 2.14. The van der Waals surface area contributed by atoms with E-state index < -0.39 is 0 Å². The van der Waals surface area contributed by atoms with Gasteiger partial charge in [0.05, 0.1) is 0 Å². The Morgan fingerprint density at radius 3 is 2.93 bits per heavy atom. The van der Waals surface area contributed by atoms with Gasteiger partial charge in [-0.05, 0) is 37.8 Å². The molecule has 1 aromatic heterocycles. The van der Waals surface area contributed by atoms with E-state index in [1.807, 2.05) is 24.4 Å². The second-order valence-corrected chi connectivity index (χ2v) is 3.75. The lowest BCUT2D eigenvalue weighted by Gasteiger charge is -2.10. The Hall–Kier alpha value is -0.930. The molecule has 0 saturated heterocycles. The SMILES string of the molecule is COCCCC(N)CCc1ccccn1. The largest absolute Gasteiger partial charge is 0.385 e. The van der Waals surface area contributed by atoms with Gasteiger partial charge in [-0.2, -0.15) is 0 Å². The molecule has 3 nitrogen and oxygen atoms in total. The molecule has 0 bridgehead atoms. The average Bonchev–Trinajstić information content (AvgIpc) is 2.28. The second-order valence-electron chi connectivity index (χ2n) is 3.75. The number of rotatable bonds is 7. The maximum absolute atomic E-state index is 5.98. The zero-order valence-corrected chi connectivity index (χ0v) is 9.36. The van der Waals surface area contributed by atoms with Crippen molar-refractivity contribution in [2.24, 2.45) is 5.73 Å². The molecule has 0 saturated carbocycles. The van der Waals surface area contributed by atoms with Gasteiger partial charge in [-0.1, -0.05) is 6.07 Å². The molecule has 1 rings (SSSR count). The monoisotopic (exact) mass is 208 g/mol. The molecule has 0 fully saturated rings. The Bertz CT molecular complexity index is 251. The minimum Gasteiger partial charge on any atom is -0.385 e. The van der Waals surface area contributed by atoms with Gasteiger partial charge in [-0.15, -0.1) is 0 Å². The van der Waals surface area contributed by atoms with Crippen LogP contribution in [0, 0.1) is 0 Å². The number of aryl methyl sites for hydroxylation is 1. The average molecular weight is 208 g/mol. The van der Waals surface area contributed by atoms with Crippen LogP contribution >= 0.6 is 0 Å². The molecule has 15 heavy (non-hydrogen) atoms. The first-order chi connectivity index (χ1) is 7.33. The Morgan fingerprint density at radius 2 is 2.27 bits per heavy atom. The maximum Gasteiger partial charge on any atom is 0.0462 e. The van der Waals surface area contributed by atoms with E-state index in [2.05, 4.69) is 4.98 Å². The number of hydrogen-bond donors (Lipinski definition) is 1. The van der Waals surface area contributed by atoms with E-state index in [9.17, 15) is 0 Å². The molecule has 1 unspecified atom stereocenters. The number of hydrogen-bond acceptors (Lipinski definition) is 3. The first-order valence-electron chi connectivity index (χ1n) is 5.47. The predicted molar refractivity (Wildman–Crippen MR) is 61.6 cm³/mol. The molecule has 1 atom stereocenters. The van der Waals surface area contributed by atoms with Crippen molar-refractivity contribution >= 4 is 0 Å². The predicted octanol–water partition coefficient (Wildman–Crippen LogP) is 1.77. The molecule has 1 aromatic rings. The van der Waals surface area contributed by atoms with Gasteiger partial charge >= 0.3 is 0 Å². The summed E-state index contributed by atoms with van der Waals surface area (Å²) in [7, 11) is 1.72. The standard InChI is InChI=1S/C12H20N2O/c1-15-10-4-5-11(13)7-8-12-6-2-3-9-14-12/h2-3,6,9,11H,4-5,7-8,10,13H2,1H3. The number of ether oxygens (including phenoxy) is 1. The van der Waals surface area contributed by atoms with Crippen LogP contribution in [0.4, 0.5) is 0 Å². The van der Waals surface area contributed by atoms with Crippen molar-refractivity contribution in [3.63, 3.8) is 0 Å². The number of nitrogens with two attached hydrogens (primary N) is 1. The van der Waals surface area contributed by atoms with Crippen LogP contribution in [0.1, 0.15) is 25.0 Å². The number of methoxy groups -OCH3 is 1. The van der Waals surface area contributed by atoms with E-state index in [-0.39, 0.29) is 6.04 Å². The van der Waals surface area contributed by atoms with E-state index in [0.717, 1.165) is 38.0 Å². The fourth-order valence-electron chi connectivity index (χ4n) is 1.51. The van der Waals surface area contributed by atoms with E-state index in [1.54, 1.807) is 7.11 Å². The van der Waals surface area contributed by atoms with Gasteiger partial charge in [0.15, 0.2) is 0 Å². The lowest BCUT2D eigenvalue weighted by Crippen LogP contribution is -2.21. The van der Waals surface area contributed by atoms with Gasteiger partial charge in [0.25, 0.3) is 0 Å².